The van der Waals surface area contributed by atoms with Crippen molar-refractivity contribution in [1.29, 1.82) is 0 Å². The maximum Gasteiger partial charge on any atom is 0.131 e. The first-order valence-electron chi connectivity index (χ1n) is 7.36. The van der Waals surface area contributed by atoms with Gasteiger partial charge in [-0.25, -0.2) is 9.97 Å². The van der Waals surface area contributed by atoms with Gasteiger partial charge < -0.3 is 5.32 Å². The molecule has 98 valence electrons. The molecule has 1 aromatic rings. The van der Waals surface area contributed by atoms with Crippen molar-refractivity contribution in [2.24, 2.45) is 5.92 Å². The van der Waals surface area contributed by atoms with Crippen LogP contribution in [-0.4, -0.2) is 16.0 Å². The lowest BCUT2D eigenvalue weighted by atomic mass is 9.82. The lowest BCUT2D eigenvalue weighted by Gasteiger charge is -2.25. The number of aromatic nitrogens is 2. The van der Waals surface area contributed by atoms with Gasteiger partial charge in [0.1, 0.15) is 5.82 Å². The van der Waals surface area contributed by atoms with Crippen LogP contribution in [0.2, 0.25) is 0 Å². The third-order valence-corrected chi connectivity index (χ3v) is 4.18. The fourth-order valence-electron chi connectivity index (χ4n) is 2.91. The van der Waals surface area contributed by atoms with E-state index in [-0.39, 0.29) is 0 Å². The van der Waals surface area contributed by atoms with Crippen molar-refractivity contribution in [2.75, 3.05) is 0 Å². The molecular formula is C15H23N3. The van der Waals surface area contributed by atoms with Crippen molar-refractivity contribution >= 4 is 0 Å². The Labute approximate surface area is 109 Å². The molecule has 2 fully saturated rings. The summed E-state index contributed by atoms with van der Waals surface area (Å²) in [4.78, 5) is 9.26. The molecule has 0 radical (unpaired) electrons. The van der Waals surface area contributed by atoms with Crippen LogP contribution in [-0.2, 0) is 6.54 Å². The second kappa shape index (κ2) is 5.35. The minimum Gasteiger partial charge on any atom is -0.308 e. The summed E-state index contributed by atoms with van der Waals surface area (Å²) < 4.78 is 0. The summed E-state index contributed by atoms with van der Waals surface area (Å²) in [5.74, 6) is 2.51. The van der Waals surface area contributed by atoms with Crippen LogP contribution >= 0.6 is 0 Å². The van der Waals surface area contributed by atoms with E-state index in [2.05, 4.69) is 17.2 Å². The van der Waals surface area contributed by atoms with Gasteiger partial charge >= 0.3 is 0 Å². The van der Waals surface area contributed by atoms with E-state index >= 15 is 0 Å². The quantitative estimate of drug-likeness (QED) is 0.886. The average Bonchev–Trinajstić information content (AvgIpc) is 3.21. The van der Waals surface area contributed by atoms with Crippen molar-refractivity contribution in [3.8, 4) is 0 Å². The zero-order valence-electron chi connectivity index (χ0n) is 11.2. The number of nitrogens with zero attached hydrogens (tertiary/aromatic N) is 2. The predicted molar refractivity (Wildman–Crippen MR) is 72.3 cm³/mol. The molecule has 3 rings (SSSR count). The first-order valence-corrected chi connectivity index (χ1v) is 7.36. The van der Waals surface area contributed by atoms with Crippen LogP contribution in [0.25, 0.3) is 0 Å². The Morgan fingerprint density at radius 2 is 2.17 bits per heavy atom. The van der Waals surface area contributed by atoms with Gasteiger partial charge in [-0.3, -0.25) is 0 Å². The van der Waals surface area contributed by atoms with Crippen LogP contribution in [0.5, 0.6) is 0 Å². The standard InChI is InChI=1S/C15H23N3/c1-11-3-2-4-12(9-11)15-16-8-7-14(18-15)10-17-13-5-6-13/h7-8,11-13,17H,2-6,9-10H2,1H3. The number of hydrogen-bond acceptors (Lipinski definition) is 3. The monoisotopic (exact) mass is 245 g/mol. The molecule has 3 heteroatoms. The third-order valence-electron chi connectivity index (χ3n) is 4.18. The van der Waals surface area contributed by atoms with Crippen LogP contribution in [0, 0.1) is 5.92 Å². The van der Waals surface area contributed by atoms with Crippen LogP contribution in [0.3, 0.4) is 0 Å². The molecule has 1 N–H and O–H groups in total. The molecule has 0 amide bonds. The van der Waals surface area contributed by atoms with Gasteiger partial charge in [0.15, 0.2) is 0 Å². The summed E-state index contributed by atoms with van der Waals surface area (Å²) in [7, 11) is 0. The maximum atomic E-state index is 4.76. The molecule has 1 aromatic heterocycles. The van der Waals surface area contributed by atoms with Gasteiger partial charge in [-0.15, -0.1) is 0 Å². The van der Waals surface area contributed by atoms with Crippen LogP contribution in [0.1, 0.15) is 62.9 Å². The molecule has 2 saturated carbocycles. The Bertz CT molecular complexity index is 400. The second-order valence-corrected chi connectivity index (χ2v) is 6.03. The number of hydrogen-bond donors (Lipinski definition) is 1. The fourth-order valence-corrected chi connectivity index (χ4v) is 2.91. The molecule has 0 aromatic carbocycles. The zero-order valence-corrected chi connectivity index (χ0v) is 11.2. The van der Waals surface area contributed by atoms with Gasteiger partial charge in [-0.05, 0) is 37.7 Å². The summed E-state index contributed by atoms with van der Waals surface area (Å²) in [6, 6.07) is 2.80. The molecule has 0 spiro atoms. The van der Waals surface area contributed by atoms with Crippen molar-refractivity contribution in [1.82, 2.24) is 15.3 Å². The topological polar surface area (TPSA) is 37.8 Å². The number of nitrogens with one attached hydrogen (secondary N) is 1. The predicted octanol–water partition coefficient (Wildman–Crippen LogP) is 3.02. The van der Waals surface area contributed by atoms with E-state index in [1.165, 1.54) is 38.5 Å². The smallest absolute Gasteiger partial charge is 0.131 e. The molecule has 2 aliphatic carbocycles. The van der Waals surface area contributed by atoms with E-state index < -0.39 is 0 Å². The van der Waals surface area contributed by atoms with Gasteiger partial charge in [0.2, 0.25) is 0 Å². The summed E-state index contributed by atoms with van der Waals surface area (Å²) in [6.45, 7) is 3.26. The van der Waals surface area contributed by atoms with Crippen molar-refractivity contribution in [2.45, 2.75) is 64.0 Å². The molecular weight excluding hydrogens is 222 g/mol. The molecule has 2 aliphatic rings. The Morgan fingerprint density at radius 3 is 2.94 bits per heavy atom. The largest absolute Gasteiger partial charge is 0.308 e. The van der Waals surface area contributed by atoms with Gasteiger partial charge in [0.25, 0.3) is 0 Å². The van der Waals surface area contributed by atoms with Crippen molar-refractivity contribution < 1.29 is 0 Å². The first-order chi connectivity index (χ1) is 8.81. The average molecular weight is 245 g/mol. The van der Waals surface area contributed by atoms with Crippen molar-refractivity contribution in [3.05, 3.63) is 23.8 Å². The second-order valence-electron chi connectivity index (χ2n) is 6.03. The summed E-state index contributed by atoms with van der Waals surface area (Å²) in [5, 5.41) is 3.52. The summed E-state index contributed by atoms with van der Waals surface area (Å²) >= 11 is 0. The molecule has 0 bridgehead atoms. The highest BCUT2D eigenvalue weighted by atomic mass is 15.0. The van der Waals surface area contributed by atoms with Crippen LogP contribution in [0.15, 0.2) is 12.3 Å². The van der Waals surface area contributed by atoms with E-state index in [0.717, 1.165) is 30.0 Å². The Morgan fingerprint density at radius 1 is 1.28 bits per heavy atom. The van der Waals surface area contributed by atoms with Gasteiger partial charge in [-0.2, -0.15) is 0 Å². The van der Waals surface area contributed by atoms with E-state index in [4.69, 9.17) is 4.98 Å². The highest BCUT2D eigenvalue weighted by Gasteiger charge is 2.23. The molecule has 3 nitrogen and oxygen atoms in total. The van der Waals surface area contributed by atoms with E-state index in [9.17, 15) is 0 Å². The fraction of sp³-hybridized carbons (Fsp3) is 0.733. The molecule has 18 heavy (non-hydrogen) atoms. The number of rotatable bonds is 4. The van der Waals surface area contributed by atoms with Gasteiger partial charge in [0, 0.05) is 24.7 Å². The van der Waals surface area contributed by atoms with E-state index in [1.807, 2.05) is 12.3 Å². The molecule has 2 unspecified atom stereocenters. The minimum absolute atomic E-state index is 0.592. The SMILES string of the molecule is CC1CCCC(c2nccc(CNC3CC3)n2)C1. The van der Waals surface area contributed by atoms with Crippen molar-refractivity contribution in [3.63, 3.8) is 0 Å². The zero-order chi connectivity index (χ0) is 12.4. The lowest BCUT2D eigenvalue weighted by molar-refractivity contribution is 0.334. The first kappa shape index (κ1) is 12.1. The van der Waals surface area contributed by atoms with E-state index in [1.54, 1.807) is 0 Å². The van der Waals surface area contributed by atoms with E-state index in [0.29, 0.717) is 5.92 Å². The Hall–Kier alpha value is -0.960. The minimum atomic E-state index is 0.592. The molecule has 0 aliphatic heterocycles. The highest BCUT2D eigenvalue weighted by molar-refractivity contribution is 5.07. The molecule has 1 heterocycles. The highest BCUT2D eigenvalue weighted by Crippen LogP contribution is 2.34. The lowest BCUT2D eigenvalue weighted by Crippen LogP contribution is -2.18. The molecule has 2 atom stereocenters. The maximum absolute atomic E-state index is 4.76. The Balaban J connectivity index is 1.65. The third kappa shape index (κ3) is 3.08. The van der Waals surface area contributed by atoms with Gasteiger partial charge in [-0.1, -0.05) is 19.8 Å². The Kier molecular flexibility index (Phi) is 3.59. The summed E-state index contributed by atoms with van der Waals surface area (Å²) in [5.41, 5.74) is 1.16. The summed E-state index contributed by atoms with van der Waals surface area (Å²) in [6.07, 6.45) is 9.84. The van der Waals surface area contributed by atoms with Gasteiger partial charge in [0.05, 0.1) is 5.69 Å². The molecule has 0 saturated heterocycles. The normalized spacial score (nSPS) is 28.3. The van der Waals surface area contributed by atoms with Crippen LogP contribution in [0.4, 0.5) is 0 Å². The van der Waals surface area contributed by atoms with Crippen LogP contribution < -0.4 is 5.32 Å².